The Kier molecular flexibility index (Phi) is 11.2. The zero-order valence-corrected chi connectivity index (χ0v) is 26.2. The Hall–Kier alpha value is -4.63. The van der Waals surface area contributed by atoms with Gasteiger partial charge in [0.25, 0.3) is 10.0 Å². The van der Waals surface area contributed by atoms with Crippen LogP contribution >= 0.6 is 0 Å². The van der Waals surface area contributed by atoms with Crippen molar-refractivity contribution in [1.82, 2.24) is 10.2 Å². The molecule has 44 heavy (non-hydrogen) atoms. The van der Waals surface area contributed by atoms with E-state index in [0.717, 1.165) is 27.4 Å². The number of carbonyl (C=O) groups is 2. The molecule has 0 unspecified atom stereocenters. The number of hydrogen-bond acceptors (Lipinski definition) is 5. The molecule has 0 heterocycles. The van der Waals surface area contributed by atoms with Gasteiger partial charge in [-0.2, -0.15) is 0 Å². The van der Waals surface area contributed by atoms with Gasteiger partial charge < -0.3 is 15.0 Å². The van der Waals surface area contributed by atoms with Gasteiger partial charge in [0, 0.05) is 19.5 Å². The minimum Gasteiger partial charge on any atom is -0.497 e. The minimum atomic E-state index is -4.16. The number of carbonyl (C=O) groups excluding carboxylic acids is 2. The molecule has 2 amide bonds. The molecule has 1 N–H and O–H groups in total. The second kappa shape index (κ2) is 15.2. The van der Waals surface area contributed by atoms with Crippen LogP contribution in [-0.2, 0) is 32.6 Å². The third-order valence-corrected chi connectivity index (χ3v) is 9.05. The van der Waals surface area contributed by atoms with Crippen molar-refractivity contribution < 1.29 is 22.7 Å². The number of benzene rings is 4. The number of ether oxygens (including phenoxy) is 1. The first kappa shape index (κ1) is 32.3. The summed E-state index contributed by atoms with van der Waals surface area (Å²) < 4.78 is 34.4. The van der Waals surface area contributed by atoms with E-state index in [0.29, 0.717) is 18.0 Å². The van der Waals surface area contributed by atoms with Crippen LogP contribution in [0.1, 0.15) is 30.0 Å². The molecule has 4 aromatic carbocycles. The Balaban J connectivity index is 1.78. The number of nitrogens with one attached hydrogen (secondary N) is 1. The van der Waals surface area contributed by atoms with Crippen LogP contribution < -0.4 is 14.4 Å². The van der Waals surface area contributed by atoms with Crippen molar-refractivity contribution >= 4 is 27.5 Å². The number of aryl methyl sites for hydroxylation is 1. The first-order valence-electron chi connectivity index (χ1n) is 14.6. The lowest BCUT2D eigenvalue weighted by molar-refractivity contribution is -0.140. The van der Waals surface area contributed by atoms with Crippen LogP contribution in [0.4, 0.5) is 5.69 Å². The highest BCUT2D eigenvalue weighted by Gasteiger charge is 2.34. The van der Waals surface area contributed by atoms with Gasteiger partial charge in [0.1, 0.15) is 18.3 Å². The van der Waals surface area contributed by atoms with Crippen molar-refractivity contribution in [1.29, 1.82) is 0 Å². The number of amides is 2. The summed E-state index contributed by atoms with van der Waals surface area (Å²) in [6.07, 6.45) is 0.998. The summed E-state index contributed by atoms with van der Waals surface area (Å²) in [6, 6.07) is 30.9. The predicted octanol–water partition coefficient (Wildman–Crippen LogP) is 5.37. The van der Waals surface area contributed by atoms with Gasteiger partial charge in [-0.25, -0.2) is 8.42 Å². The van der Waals surface area contributed by atoms with E-state index >= 15 is 0 Å². The van der Waals surface area contributed by atoms with Crippen molar-refractivity contribution in [3.05, 3.63) is 126 Å². The van der Waals surface area contributed by atoms with Crippen molar-refractivity contribution in [2.24, 2.45) is 0 Å². The zero-order chi connectivity index (χ0) is 31.5. The molecule has 4 rings (SSSR count). The fraction of sp³-hybridized carbons (Fsp3) is 0.257. The molecule has 0 fully saturated rings. The van der Waals surface area contributed by atoms with Crippen molar-refractivity contribution in [3.63, 3.8) is 0 Å². The normalized spacial score (nSPS) is 11.8. The first-order chi connectivity index (χ1) is 21.2. The molecule has 0 spiro atoms. The average Bonchev–Trinajstić information content (AvgIpc) is 3.05. The number of sulfonamides is 1. The van der Waals surface area contributed by atoms with Crippen LogP contribution in [0.3, 0.4) is 0 Å². The van der Waals surface area contributed by atoms with E-state index < -0.39 is 28.5 Å². The third-order valence-electron chi connectivity index (χ3n) is 7.26. The van der Waals surface area contributed by atoms with Crippen LogP contribution in [0.2, 0.25) is 0 Å². The summed E-state index contributed by atoms with van der Waals surface area (Å²) in [6.45, 7) is 4.00. The van der Waals surface area contributed by atoms with Crippen LogP contribution in [0.25, 0.3) is 0 Å². The number of nitrogens with zero attached hydrogens (tertiary/aromatic N) is 2. The molecule has 230 valence electrons. The topological polar surface area (TPSA) is 96.0 Å². The molecule has 0 aromatic heterocycles. The van der Waals surface area contributed by atoms with Crippen molar-refractivity contribution in [2.45, 2.75) is 44.2 Å². The fourth-order valence-corrected chi connectivity index (χ4v) is 6.24. The zero-order valence-electron chi connectivity index (χ0n) is 25.3. The highest BCUT2D eigenvalue weighted by molar-refractivity contribution is 7.92. The molecule has 1 atom stereocenters. The fourth-order valence-electron chi connectivity index (χ4n) is 4.81. The minimum absolute atomic E-state index is 0.0511. The lowest BCUT2D eigenvalue weighted by Gasteiger charge is -2.34. The Bertz CT molecular complexity index is 1610. The molecule has 4 aromatic rings. The van der Waals surface area contributed by atoms with Gasteiger partial charge in [-0.15, -0.1) is 0 Å². The van der Waals surface area contributed by atoms with Crippen LogP contribution in [0.15, 0.2) is 114 Å². The number of hydrogen-bond donors (Lipinski definition) is 1. The summed E-state index contributed by atoms with van der Waals surface area (Å²) in [4.78, 5) is 29.7. The summed E-state index contributed by atoms with van der Waals surface area (Å²) >= 11 is 0. The number of rotatable bonds is 14. The van der Waals surface area contributed by atoms with Crippen molar-refractivity contribution in [2.75, 3.05) is 24.5 Å². The summed E-state index contributed by atoms with van der Waals surface area (Å²) in [7, 11) is -2.63. The first-order valence-corrected chi connectivity index (χ1v) is 16.1. The molecule has 0 bridgehead atoms. The Labute approximate surface area is 260 Å². The molecule has 0 saturated carbocycles. The molecule has 9 heteroatoms. The molecular formula is C35H39N3O5S. The molecule has 8 nitrogen and oxygen atoms in total. The van der Waals surface area contributed by atoms with E-state index in [1.807, 2.05) is 68.4 Å². The second-order valence-electron chi connectivity index (χ2n) is 10.5. The van der Waals surface area contributed by atoms with Gasteiger partial charge in [-0.05, 0) is 60.9 Å². The maximum absolute atomic E-state index is 14.4. The Morgan fingerprint density at radius 1 is 0.818 bits per heavy atom. The van der Waals surface area contributed by atoms with Gasteiger partial charge in [0.05, 0.1) is 17.7 Å². The SMILES string of the molecule is CCCNC(=O)[C@H](Cc1ccccc1)N(Cc1ccc(C)cc1)C(=O)CN(c1ccc(OC)cc1)S(=O)(=O)c1ccccc1. The number of methoxy groups -OCH3 is 1. The lowest BCUT2D eigenvalue weighted by Crippen LogP contribution is -2.53. The van der Waals surface area contributed by atoms with Crippen molar-refractivity contribution in [3.8, 4) is 5.75 Å². The smallest absolute Gasteiger partial charge is 0.264 e. The lowest BCUT2D eigenvalue weighted by atomic mass is 10.0. The molecule has 0 aliphatic heterocycles. The van der Waals surface area contributed by atoms with E-state index in [4.69, 9.17) is 4.74 Å². The van der Waals surface area contributed by atoms with Crippen LogP contribution in [0.5, 0.6) is 5.75 Å². The average molecular weight is 614 g/mol. The molecule has 0 aliphatic carbocycles. The monoisotopic (exact) mass is 613 g/mol. The van der Waals surface area contributed by atoms with Crippen LogP contribution in [-0.4, -0.2) is 51.4 Å². The summed E-state index contributed by atoms with van der Waals surface area (Å²) in [5.41, 5.74) is 3.07. The second-order valence-corrected chi connectivity index (χ2v) is 12.4. The van der Waals surface area contributed by atoms with Gasteiger partial charge in [-0.1, -0.05) is 85.3 Å². The molecule has 0 saturated heterocycles. The third kappa shape index (κ3) is 8.26. The Morgan fingerprint density at radius 2 is 1.43 bits per heavy atom. The predicted molar refractivity (Wildman–Crippen MR) is 173 cm³/mol. The van der Waals surface area contributed by atoms with E-state index in [1.165, 1.54) is 24.1 Å². The molecule has 0 radical (unpaired) electrons. The van der Waals surface area contributed by atoms with Gasteiger partial charge in [-0.3, -0.25) is 13.9 Å². The quantitative estimate of drug-likeness (QED) is 0.207. The highest BCUT2D eigenvalue weighted by Crippen LogP contribution is 2.27. The largest absolute Gasteiger partial charge is 0.497 e. The van der Waals surface area contributed by atoms with Gasteiger partial charge in [0.2, 0.25) is 11.8 Å². The Morgan fingerprint density at radius 3 is 2.02 bits per heavy atom. The summed E-state index contributed by atoms with van der Waals surface area (Å²) in [5.74, 6) is -0.250. The summed E-state index contributed by atoms with van der Waals surface area (Å²) in [5, 5.41) is 2.96. The standard InChI is InChI=1S/C35H39N3O5S/c1-4-23-36-35(40)33(24-28-11-7-5-8-12-28)37(25-29-17-15-27(2)16-18-29)34(39)26-38(30-19-21-31(43-3)22-20-30)44(41,42)32-13-9-6-10-14-32/h5-22,33H,4,23-26H2,1-3H3,(H,36,40)/t33-/m0/s1. The van der Waals surface area contributed by atoms with E-state index in [1.54, 1.807) is 42.5 Å². The van der Waals surface area contributed by atoms with Gasteiger partial charge in [0.15, 0.2) is 0 Å². The molecule has 0 aliphatic rings. The maximum Gasteiger partial charge on any atom is 0.264 e. The maximum atomic E-state index is 14.4. The van der Waals surface area contributed by atoms with E-state index in [2.05, 4.69) is 5.32 Å². The molecular weight excluding hydrogens is 574 g/mol. The number of anilines is 1. The van der Waals surface area contributed by atoms with E-state index in [-0.39, 0.29) is 23.8 Å². The highest BCUT2D eigenvalue weighted by atomic mass is 32.2. The van der Waals surface area contributed by atoms with E-state index in [9.17, 15) is 18.0 Å². The van der Waals surface area contributed by atoms with Gasteiger partial charge >= 0.3 is 0 Å². The van der Waals surface area contributed by atoms with Crippen LogP contribution in [0, 0.1) is 6.92 Å².